The molecule has 82 valence electrons. The van der Waals surface area contributed by atoms with Crippen LogP contribution in [0, 0.1) is 6.92 Å². The molecule has 0 saturated heterocycles. The van der Waals surface area contributed by atoms with Crippen LogP contribution in [0.25, 0.3) is 0 Å². The lowest BCUT2D eigenvalue weighted by Gasteiger charge is -2.19. The molecule has 1 nitrogen and oxygen atoms in total. The van der Waals surface area contributed by atoms with Crippen molar-refractivity contribution < 1.29 is 0 Å². The third kappa shape index (κ3) is 2.40. The SMILES string of the molecule is Cc1cccc(C2(CNC(C)C)CC2)c1. The molecular weight excluding hydrogens is 182 g/mol. The summed E-state index contributed by atoms with van der Waals surface area (Å²) in [5.74, 6) is 0. The Balaban J connectivity index is 2.09. The molecule has 0 radical (unpaired) electrons. The molecule has 1 N–H and O–H groups in total. The van der Waals surface area contributed by atoms with Crippen molar-refractivity contribution in [3.8, 4) is 0 Å². The van der Waals surface area contributed by atoms with E-state index in [2.05, 4.69) is 50.4 Å². The zero-order valence-electron chi connectivity index (χ0n) is 10.0. The minimum Gasteiger partial charge on any atom is -0.314 e. The maximum absolute atomic E-state index is 3.57. The lowest BCUT2D eigenvalue weighted by molar-refractivity contribution is 0.520. The summed E-state index contributed by atoms with van der Waals surface area (Å²) in [5.41, 5.74) is 3.36. The fraction of sp³-hybridized carbons (Fsp3) is 0.571. The van der Waals surface area contributed by atoms with Gasteiger partial charge in [0.25, 0.3) is 0 Å². The van der Waals surface area contributed by atoms with Crippen LogP contribution in [0.3, 0.4) is 0 Å². The van der Waals surface area contributed by atoms with E-state index < -0.39 is 0 Å². The number of rotatable bonds is 4. The van der Waals surface area contributed by atoms with Gasteiger partial charge in [0.2, 0.25) is 0 Å². The van der Waals surface area contributed by atoms with Crippen LogP contribution in [0.5, 0.6) is 0 Å². The van der Waals surface area contributed by atoms with E-state index in [1.165, 1.54) is 24.0 Å². The topological polar surface area (TPSA) is 12.0 Å². The number of benzene rings is 1. The standard InChI is InChI=1S/C14H21N/c1-11(2)15-10-14(7-8-14)13-6-4-5-12(3)9-13/h4-6,9,11,15H,7-8,10H2,1-3H3. The predicted octanol–water partition coefficient (Wildman–Crippen LogP) is 3.02. The van der Waals surface area contributed by atoms with Crippen molar-refractivity contribution >= 4 is 0 Å². The van der Waals surface area contributed by atoms with E-state index >= 15 is 0 Å². The summed E-state index contributed by atoms with van der Waals surface area (Å²) in [4.78, 5) is 0. The average molecular weight is 203 g/mol. The van der Waals surface area contributed by atoms with E-state index in [4.69, 9.17) is 0 Å². The molecule has 0 atom stereocenters. The summed E-state index contributed by atoms with van der Waals surface area (Å²) in [7, 11) is 0. The van der Waals surface area contributed by atoms with Crippen molar-refractivity contribution in [3.05, 3.63) is 35.4 Å². The molecule has 0 amide bonds. The molecule has 0 aliphatic heterocycles. The summed E-state index contributed by atoms with van der Waals surface area (Å²) in [6, 6.07) is 9.57. The highest BCUT2D eigenvalue weighted by Gasteiger charge is 2.43. The van der Waals surface area contributed by atoms with Gasteiger partial charge in [-0.05, 0) is 25.3 Å². The van der Waals surface area contributed by atoms with Crippen LogP contribution in [0.1, 0.15) is 37.8 Å². The average Bonchev–Trinajstić information content (AvgIpc) is 2.96. The van der Waals surface area contributed by atoms with Gasteiger partial charge < -0.3 is 5.32 Å². The van der Waals surface area contributed by atoms with Crippen molar-refractivity contribution in [1.29, 1.82) is 0 Å². The first-order valence-corrected chi connectivity index (χ1v) is 5.93. The molecule has 0 bridgehead atoms. The minimum absolute atomic E-state index is 0.455. The highest BCUT2D eigenvalue weighted by atomic mass is 14.9. The molecule has 0 unspecified atom stereocenters. The van der Waals surface area contributed by atoms with Crippen LogP contribution in [-0.2, 0) is 5.41 Å². The molecule has 15 heavy (non-hydrogen) atoms. The number of hydrogen-bond acceptors (Lipinski definition) is 1. The first kappa shape index (κ1) is 10.7. The second-order valence-electron chi connectivity index (χ2n) is 5.19. The Morgan fingerprint density at radius 1 is 1.33 bits per heavy atom. The van der Waals surface area contributed by atoms with Crippen LogP contribution >= 0.6 is 0 Å². The molecule has 1 aliphatic carbocycles. The number of aryl methyl sites for hydroxylation is 1. The van der Waals surface area contributed by atoms with Crippen molar-refractivity contribution in [2.24, 2.45) is 0 Å². The third-order valence-electron chi connectivity index (χ3n) is 3.33. The molecular formula is C14H21N. The molecule has 0 spiro atoms. The first-order chi connectivity index (χ1) is 7.12. The number of nitrogens with one attached hydrogen (secondary N) is 1. The number of hydrogen-bond donors (Lipinski definition) is 1. The summed E-state index contributed by atoms with van der Waals surface area (Å²) >= 11 is 0. The lowest BCUT2D eigenvalue weighted by Crippen LogP contribution is -2.32. The van der Waals surface area contributed by atoms with E-state index in [1.807, 2.05) is 0 Å². The Hall–Kier alpha value is -0.820. The predicted molar refractivity (Wildman–Crippen MR) is 65.2 cm³/mol. The summed E-state index contributed by atoms with van der Waals surface area (Å²) in [5, 5.41) is 3.57. The van der Waals surface area contributed by atoms with Gasteiger partial charge in [-0.3, -0.25) is 0 Å². The summed E-state index contributed by atoms with van der Waals surface area (Å²) in [6.45, 7) is 7.74. The summed E-state index contributed by atoms with van der Waals surface area (Å²) < 4.78 is 0. The molecule has 1 saturated carbocycles. The van der Waals surface area contributed by atoms with Gasteiger partial charge in [0.15, 0.2) is 0 Å². The van der Waals surface area contributed by atoms with E-state index in [1.54, 1.807) is 0 Å². The Labute approximate surface area is 92.9 Å². The smallest absolute Gasteiger partial charge is 0.00786 e. The third-order valence-corrected chi connectivity index (χ3v) is 3.33. The normalized spacial score (nSPS) is 18.1. The highest BCUT2D eigenvalue weighted by Crippen LogP contribution is 2.47. The quantitative estimate of drug-likeness (QED) is 0.793. The second kappa shape index (κ2) is 3.97. The van der Waals surface area contributed by atoms with E-state index in [9.17, 15) is 0 Å². The molecule has 1 aromatic rings. The monoisotopic (exact) mass is 203 g/mol. The minimum atomic E-state index is 0.455. The van der Waals surface area contributed by atoms with E-state index in [-0.39, 0.29) is 0 Å². The van der Waals surface area contributed by atoms with Crippen molar-refractivity contribution in [2.45, 2.75) is 45.1 Å². The highest BCUT2D eigenvalue weighted by molar-refractivity contribution is 5.34. The molecule has 1 fully saturated rings. The van der Waals surface area contributed by atoms with Crippen LogP contribution in [0.4, 0.5) is 0 Å². The molecule has 1 aromatic carbocycles. The van der Waals surface area contributed by atoms with Gasteiger partial charge >= 0.3 is 0 Å². The molecule has 0 heterocycles. The Kier molecular flexibility index (Phi) is 2.83. The van der Waals surface area contributed by atoms with E-state index in [0.717, 1.165) is 6.54 Å². The van der Waals surface area contributed by atoms with Gasteiger partial charge in [0.1, 0.15) is 0 Å². The second-order valence-corrected chi connectivity index (χ2v) is 5.19. The van der Waals surface area contributed by atoms with Crippen molar-refractivity contribution in [2.75, 3.05) is 6.54 Å². The molecule has 0 aromatic heterocycles. The van der Waals surface area contributed by atoms with Crippen LogP contribution in [-0.4, -0.2) is 12.6 Å². The largest absolute Gasteiger partial charge is 0.314 e. The molecule has 1 heteroatoms. The van der Waals surface area contributed by atoms with Gasteiger partial charge in [0.05, 0.1) is 0 Å². The van der Waals surface area contributed by atoms with Crippen LogP contribution < -0.4 is 5.32 Å². The van der Waals surface area contributed by atoms with Crippen LogP contribution in [0.2, 0.25) is 0 Å². The maximum Gasteiger partial charge on any atom is 0.00786 e. The molecule has 2 rings (SSSR count). The van der Waals surface area contributed by atoms with Gasteiger partial charge in [0, 0.05) is 18.0 Å². The fourth-order valence-electron chi connectivity index (χ4n) is 2.09. The van der Waals surface area contributed by atoms with Gasteiger partial charge in [-0.15, -0.1) is 0 Å². The van der Waals surface area contributed by atoms with E-state index in [0.29, 0.717) is 11.5 Å². The lowest BCUT2D eigenvalue weighted by atomic mass is 9.94. The van der Waals surface area contributed by atoms with Crippen molar-refractivity contribution in [3.63, 3.8) is 0 Å². The summed E-state index contributed by atoms with van der Waals surface area (Å²) in [6.07, 6.45) is 2.69. The Bertz CT molecular complexity index is 337. The van der Waals surface area contributed by atoms with Crippen molar-refractivity contribution in [1.82, 2.24) is 5.32 Å². The van der Waals surface area contributed by atoms with Gasteiger partial charge in [-0.25, -0.2) is 0 Å². The van der Waals surface area contributed by atoms with Gasteiger partial charge in [-0.1, -0.05) is 43.7 Å². The fourth-order valence-corrected chi connectivity index (χ4v) is 2.09. The zero-order valence-corrected chi connectivity index (χ0v) is 10.0. The maximum atomic E-state index is 3.57. The molecule has 1 aliphatic rings. The Morgan fingerprint density at radius 2 is 2.07 bits per heavy atom. The Morgan fingerprint density at radius 3 is 2.60 bits per heavy atom. The van der Waals surface area contributed by atoms with Crippen LogP contribution in [0.15, 0.2) is 24.3 Å². The zero-order chi connectivity index (χ0) is 10.9. The van der Waals surface area contributed by atoms with Gasteiger partial charge in [-0.2, -0.15) is 0 Å². The first-order valence-electron chi connectivity index (χ1n) is 5.93.